The van der Waals surface area contributed by atoms with E-state index in [4.69, 9.17) is 4.74 Å². The van der Waals surface area contributed by atoms with Crippen LogP contribution in [0.2, 0.25) is 0 Å². The Labute approximate surface area is 108 Å². The molecular formula is C13H24BrNO. The van der Waals surface area contributed by atoms with Gasteiger partial charge in [-0.1, -0.05) is 35.2 Å². The number of ether oxygens (including phenoxy) is 1. The summed E-state index contributed by atoms with van der Waals surface area (Å²) in [5.41, 5.74) is 0.290. The van der Waals surface area contributed by atoms with Gasteiger partial charge in [0.15, 0.2) is 0 Å². The van der Waals surface area contributed by atoms with Crippen LogP contribution in [0.25, 0.3) is 0 Å². The maximum Gasteiger partial charge on any atom is 0.0710 e. The standard InChI is InChI=1S/C13H24BrNO/c1-15(10-9-14)11-12-5-8-13(16-12)6-3-2-4-7-13/h12H,2-11H2,1H3. The molecule has 0 bridgehead atoms. The first-order valence-corrected chi connectivity index (χ1v) is 7.79. The van der Waals surface area contributed by atoms with Crippen LogP contribution >= 0.6 is 15.9 Å². The molecule has 0 amide bonds. The summed E-state index contributed by atoms with van der Waals surface area (Å²) < 4.78 is 6.35. The first-order valence-electron chi connectivity index (χ1n) is 6.66. The van der Waals surface area contributed by atoms with Crippen molar-refractivity contribution in [2.24, 2.45) is 0 Å². The molecule has 16 heavy (non-hydrogen) atoms. The predicted molar refractivity (Wildman–Crippen MR) is 71.2 cm³/mol. The highest BCUT2D eigenvalue weighted by Crippen LogP contribution is 2.41. The molecule has 2 nitrogen and oxygen atoms in total. The van der Waals surface area contributed by atoms with Gasteiger partial charge in [0.05, 0.1) is 11.7 Å². The molecule has 1 unspecified atom stereocenters. The quantitative estimate of drug-likeness (QED) is 0.737. The topological polar surface area (TPSA) is 12.5 Å². The van der Waals surface area contributed by atoms with Gasteiger partial charge in [-0.25, -0.2) is 0 Å². The normalized spacial score (nSPS) is 29.1. The van der Waals surface area contributed by atoms with Gasteiger partial charge in [0.25, 0.3) is 0 Å². The molecule has 0 aromatic rings. The summed E-state index contributed by atoms with van der Waals surface area (Å²) in [5, 5.41) is 1.06. The minimum absolute atomic E-state index is 0.290. The van der Waals surface area contributed by atoms with Crippen molar-refractivity contribution in [3.05, 3.63) is 0 Å². The van der Waals surface area contributed by atoms with Gasteiger partial charge in [0, 0.05) is 18.4 Å². The molecule has 1 saturated carbocycles. The molecule has 0 aromatic heterocycles. The molecule has 1 aliphatic carbocycles. The molecule has 2 rings (SSSR count). The van der Waals surface area contributed by atoms with E-state index in [1.54, 1.807) is 0 Å². The number of likely N-dealkylation sites (N-methyl/N-ethyl adjacent to an activating group) is 1. The number of nitrogens with zero attached hydrogens (tertiary/aromatic N) is 1. The van der Waals surface area contributed by atoms with E-state index in [9.17, 15) is 0 Å². The highest BCUT2D eigenvalue weighted by Gasteiger charge is 2.40. The molecule has 1 spiro atoms. The minimum atomic E-state index is 0.290. The third-order valence-electron chi connectivity index (χ3n) is 4.08. The van der Waals surface area contributed by atoms with E-state index in [0.29, 0.717) is 6.10 Å². The summed E-state index contributed by atoms with van der Waals surface area (Å²) in [5.74, 6) is 0. The van der Waals surface area contributed by atoms with E-state index in [0.717, 1.165) is 18.4 Å². The van der Waals surface area contributed by atoms with Crippen LogP contribution < -0.4 is 0 Å². The molecule has 0 aromatic carbocycles. The Morgan fingerprint density at radius 1 is 1.25 bits per heavy atom. The zero-order chi connectivity index (χ0) is 11.4. The number of hydrogen-bond acceptors (Lipinski definition) is 2. The lowest BCUT2D eigenvalue weighted by molar-refractivity contribution is -0.0698. The summed E-state index contributed by atoms with van der Waals surface area (Å²) in [6.45, 7) is 2.22. The Morgan fingerprint density at radius 3 is 2.69 bits per heavy atom. The molecular weight excluding hydrogens is 266 g/mol. The van der Waals surface area contributed by atoms with Crippen LogP contribution in [0.15, 0.2) is 0 Å². The zero-order valence-corrected chi connectivity index (χ0v) is 12.0. The number of halogens is 1. The van der Waals surface area contributed by atoms with Crippen molar-refractivity contribution in [2.45, 2.75) is 56.7 Å². The lowest BCUT2D eigenvalue weighted by Gasteiger charge is -2.34. The van der Waals surface area contributed by atoms with Gasteiger partial charge in [-0.15, -0.1) is 0 Å². The Bertz CT molecular complexity index is 216. The van der Waals surface area contributed by atoms with Gasteiger partial charge in [0.2, 0.25) is 0 Å². The van der Waals surface area contributed by atoms with Crippen LogP contribution in [0.3, 0.4) is 0 Å². The summed E-state index contributed by atoms with van der Waals surface area (Å²) in [4.78, 5) is 2.38. The number of rotatable bonds is 4. The zero-order valence-electron chi connectivity index (χ0n) is 10.4. The van der Waals surface area contributed by atoms with Crippen molar-refractivity contribution in [3.8, 4) is 0 Å². The lowest BCUT2D eigenvalue weighted by Crippen LogP contribution is -2.35. The van der Waals surface area contributed by atoms with Crippen LogP contribution in [0.4, 0.5) is 0 Å². The Hall–Kier alpha value is 0.400. The molecule has 1 aliphatic heterocycles. The second kappa shape index (κ2) is 5.83. The summed E-state index contributed by atoms with van der Waals surface area (Å²) in [6, 6.07) is 0. The fraction of sp³-hybridized carbons (Fsp3) is 1.00. The van der Waals surface area contributed by atoms with Gasteiger partial charge >= 0.3 is 0 Å². The SMILES string of the molecule is CN(CCBr)CC1CCC2(CCCCC2)O1. The van der Waals surface area contributed by atoms with E-state index in [2.05, 4.69) is 27.9 Å². The van der Waals surface area contributed by atoms with Gasteiger partial charge in [-0.05, 0) is 32.7 Å². The van der Waals surface area contributed by atoms with Gasteiger partial charge in [0.1, 0.15) is 0 Å². The van der Waals surface area contributed by atoms with Crippen molar-refractivity contribution >= 4 is 15.9 Å². The van der Waals surface area contributed by atoms with Crippen LogP contribution in [0.1, 0.15) is 44.9 Å². The molecule has 0 N–H and O–H groups in total. The summed E-state index contributed by atoms with van der Waals surface area (Å²) in [6.07, 6.45) is 9.86. The van der Waals surface area contributed by atoms with E-state index in [1.807, 2.05) is 0 Å². The predicted octanol–water partition coefficient (Wildman–Crippen LogP) is 3.20. The fourth-order valence-electron chi connectivity index (χ4n) is 3.17. The second-order valence-corrected chi connectivity index (χ2v) is 6.27. The average Bonchev–Trinajstić information content (AvgIpc) is 2.63. The molecule has 2 aliphatic rings. The van der Waals surface area contributed by atoms with Crippen molar-refractivity contribution < 1.29 is 4.74 Å². The minimum Gasteiger partial charge on any atom is -0.370 e. The van der Waals surface area contributed by atoms with Gasteiger partial charge in [-0.2, -0.15) is 0 Å². The smallest absolute Gasteiger partial charge is 0.0710 e. The maximum absolute atomic E-state index is 6.35. The third-order valence-corrected chi connectivity index (χ3v) is 4.44. The molecule has 0 radical (unpaired) electrons. The number of alkyl halides is 1. The van der Waals surface area contributed by atoms with Gasteiger partial charge in [-0.3, -0.25) is 0 Å². The van der Waals surface area contributed by atoms with E-state index in [-0.39, 0.29) is 5.60 Å². The van der Waals surface area contributed by atoms with E-state index < -0.39 is 0 Å². The van der Waals surface area contributed by atoms with E-state index >= 15 is 0 Å². The largest absolute Gasteiger partial charge is 0.370 e. The Kier molecular flexibility index (Phi) is 4.68. The first kappa shape index (κ1) is 12.8. The van der Waals surface area contributed by atoms with E-state index in [1.165, 1.54) is 44.9 Å². The molecule has 2 fully saturated rings. The second-order valence-electron chi connectivity index (χ2n) is 5.47. The first-order chi connectivity index (χ1) is 7.74. The molecule has 94 valence electrons. The van der Waals surface area contributed by atoms with Crippen LogP contribution in [-0.2, 0) is 4.74 Å². The Balaban J connectivity index is 1.78. The highest BCUT2D eigenvalue weighted by atomic mass is 79.9. The highest BCUT2D eigenvalue weighted by molar-refractivity contribution is 9.09. The Morgan fingerprint density at radius 2 is 2.00 bits per heavy atom. The van der Waals surface area contributed by atoms with Crippen LogP contribution in [-0.4, -0.2) is 42.1 Å². The van der Waals surface area contributed by atoms with Crippen molar-refractivity contribution in [3.63, 3.8) is 0 Å². The fourth-order valence-corrected chi connectivity index (χ4v) is 3.78. The maximum atomic E-state index is 6.35. The monoisotopic (exact) mass is 289 g/mol. The lowest BCUT2D eigenvalue weighted by atomic mass is 9.83. The average molecular weight is 290 g/mol. The summed E-state index contributed by atoms with van der Waals surface area (Å²) in [7, 11) is 2.19. The van der Waals surface area contributed by atoms with Crippen molar-refractivity contribution in [1.82, 2.24) is 4.90 Å². The molecule has 1 saturated heterocycles. The molecule has 1 heterocycles. The van der Waals surface area contributed by atoms with Crippen molar-refractivity contribution in [2.75, 3.05) is 25.5 Å². The van der Waals surface area contributed by atoms with Gasteiger partial charge < -0.3 is 9.64 Å². The van der Waals surface area contributed by atoms with Crippen molar-refractivity contribution in [1.29, 1.82) is 0 Å². The molecule has 3 heteroatoms. The number of hydrogen-bond donors (Lipinski definition) is 0. The van der Waals surface area contributed by atoms with Crippen LogP contribution in [0.5, 0.6) is 0 Å². The third kappa shape index (κ3) is 3.21. The van der Waals surface area contributed by atoms with Crippen LogP contribution in [0, 0.1) is 0 Å². The summed E-state index contributed by atoms with van der Waals surface area (Å²) >= 11 is 3.49. The molecule has 1 atom stereocenters.